The summed E-state index contributed by atoms with van der Waals surface area (Å²) in [7, 11) is 1.71. The summed E-state index contributed by atoms with van der Waals surface area (Å²) in [5.41, 5.74) is 16.2. The molecule has 60 heavy (non-hydrogen) atoms. The molecule has 1 amide bonds. The van der Waals surface area contributed by atoms with Gasteiger partial charge in [0.25, 0.3) is 0 Å². The van der Waals surface area contributed by atoms with E-state index in [1.165, 1.54) is 64.5 Å². The number of hydrogen-bond donors (Lipinski definition) is 5. The van der Waals surface area contributed by atoms with Crippen molar-refractivity contribution in [3.63, 3.8) is 0 Å². The standard InChI is InChI=1S/C47H79N9O3S/c1-27-23-33(43-42-28(2)30(4)60-46(42)56-31(5)51-54-44(56)29(3)49-43)8-14-38(27)32-17-19-47(20-18-32)21-22-55(26-47)41-16-15-39(52-53-41)45(57)50-35-9-12-36(13-10-35)59-37-11-7-34(25-48)40(24-37)58-6/h27-42,44,46,51-54H,7-24,26H2,1-6H3,(H,50,57)/t27?,28?,29-,30?,31?,32?,33?,34?,35?,36?,37?,38?,39?,40?,41?,42?,44?,46?,47?/m0/s1. The Kier molecular flexibility index (Phi) is 13.6. The molecule has 9 rings (SSSR count). The van der Waals surface area contributed by atoms with E-state index in [4.69, 9.17) is 14.5 Å². The number of hydrogen-bond acceptors (Lipinski definition) is 12. The Hall–Kier alpha value is -1.34. The van der Waals surface area contributed by atoms with Gasteiger partial charge in [0.2, 0.25) is 5.91 Å². The third kappa shape index (κ3) is 8.87. The van der Waals surface area contributed by atoms with Gasteiger partial charge in [-0.3, -0.25) is 19.6 Å². The number of nitriles is 1. The molecule has 0 aromatic heterocycles. The minimum absolute atomic E-state index is 0.0226. The topological polar surface area (TPSA) is 138 Å². The number of likely N-dealkylation sites (tertiary alicyclic amines) is 1. The zero-order valence-corrected chi connectivity index (χ0v) is 38.6. The van der Waals surface area contributed by atoms with E-state index in [-0.39, 0.29) is 54.4 Å². The second-order valence-electron chi connectivity index (χ2n) is 21.5. The molecule has 4 saturated heterocycles. The number of aliphatic imine (C=N–C) groups is 1. The first-order valence-electron chi connectivity index (χ1n) is 24.7. The first kappa shape index (κ1) is 43.9. The number of thioether (sulfide) groups is 1. The van der Waals surface area contributed by atoms with Gasteiger partial charge in [0.1, 0.15) is 6.04 Å². The number of rotatable bonds is 8. The van der Waals surface area contributed by atoms with Crippen molar-refractivity contribution < 1.29 is 14.3 Å². The van der Waals surface area contributed by atoms with Gasteiger partial charge in [-0.05, 0) is 152 Å². The fraction of sp³-hybridized carbons (Fsp3) is 0.936. The highest BCUT2D eigenvalue weighted by atomic mass is 32.2. The maximum atomic E-state index is 13.4. The number of carbonyl (C=O) groups is 1. The number of carbonyl (C=O) groups excluding carboxylic acids is 1. The molecule has 9 aliphatic rings. The van der Waals surface area contributed by atoms with Crippen LogP contribution in [0.5, 0.6) is 0 Å². The Bertz CT molecular complexity index is 1560. The zero-order chi connectivity index (χ0) is 41.7. The molecule has 5 heterocycles. The molecule has 0 radical (unpaired) electrons. The van der Waals surface area contributed by atoms with E-state index in [2.05, 4.69) is 89.3 Å². The number of amides is 1. The molecular formula is C47H79N9O3S. The normalized spacial score (nSPS) is 49.1. The van der Waals surface area contributed by atoms with Gasteiger partial charge >= 0.3 is 0 Å². The van der Waals surface area contributed by atoms with E-state index in [0.29, 0.717) is 46.1 Å². The Labute approximate surface area is 365 Å². The summed E-state index contributed by atoms with van der Waals surface area (Å²) in [6.45, 7) is 14.6. The van der Waals surface area contributed by atoms with Crippen molar-refractivity contribution in [3.05, 3.63) is 0 Å². The summed E-state index contributed by atoms with van der Waals surface area (Å²) < 4.78 is 12.1. The molecule has 4 saturated carbocycles. The van der Waals surface area contributed by atoms with Crippen molar-refractivity contribution in [2.24, 2.45) is 51.8 Å². The summed E-state index contributed by atoms with van der Waals surface area (Å²) in [5.74, 6) is 4.47. The highest BCUT2D eigenvalue weighted by Gasteiger charge is 2.54. The predicted octanol–water partition coefficient (Wildman–Crippen LogP) is 6.29. The quantitative estimate of drug-likeness (QED) is 0.189. The first-order valence-corrected chi connectivity index (χ1v) is 25.6. The molecule has 0 aromatic rings. The van der Waals surface area contributed by atoms with Crippen molar-refractivity contribution in [1.29, 1.82) is 5.26 Å². The monoisotopic (exact) mass is 850 g/mol. The van der Waals surface area contributed by atoms with E-state index in [1.54, 1.807) is 12.8 Å². The summed E-state index contributed by atoms with van der Waals surface area (Å²) in [6.07, 6.45) is 20.5. The molecule has 15 atom stereocenters. The highest BCUT2D eigenvalue weighted by Crippen LogP contribution is 2.54. The van der Waals surface area contributed by atoms with Crippen molar-refractivity contribution >= 4 is 23.4 Å². The lowest BCUT2D eigenvalue weighted by Gasteiger charge is -2.46. The average Bonchev–Trinajstić information content (AvgIpc) is 3.92. The first-order chi connectivity index (χ1) is 29.0. The van der Waals surface area contributed by atoms with E-state index in [0.717, 1.165) is 75.5 Å². The molecule has 0 bridgehead atoms. The molecular weight excluding hydrogens is 771 g/mol. The van der Waals surface area contributed by atoms with Crippen molar-refractivity contribution in [3.8, 4) is 6.07 Å². The van der Waals surface area contributed by atoms with Crippen LogP contribution in [0.3, 0.4) is 0 Å². The molecule has 8 fully saturated rings. The third-order valence-corrected chi connectivity index (χ3v) is 19.6. The van der Waals surface area contributed by atoms with Crippen LogP contribution in [0, 0.1) is 58.2 Å². The van der Waals surface area contributed by atoms with Crippen LogP contribution in [0.15, 0.2) is 4.99 Å². The van der Waals surface area contributed by atoms with Gasteiger partial charge in [0, 0.05) is 49.5 Å². The number of hydrazine groups is 2. The van der Waals surface area contributed by atoms with E-state index < -0.39 is 0 Å². The minimum atomic E-state index is -0.181. The Morgan fingerprint density at radius 2 is 1.67 bits per heavy atom. The maximum absolute atomic E-state index is 13.4. The number of fused-ring (bicyclic) bond motifs is 3. The maximum Gasteiger partial charge on any atom is 0.238 e. The van der Waals surface area contributed by atoms with Crippen LogP contribution in [0.4, 0.5) is 0 Å². The minimum Gasteiger partial charge on any atom is -0.380 e. The van der Waals surface area contributed by atoms with E-state index >= 15 is 0 Å². The van der Waals surface area contributed by atoms with Crippen LogP contribution in [-0.4, -0.2) is 107 Å². The summed E-state index contributed by atoms with van der Waals surface area (Å²) in [6, 6.07) is 2.70. The van der Waals surface area contributed by atoms with E-state index in [9.17, 15) is 10.1 Å². The van der Waals surface area contributed by atoms with Gasteiger partial charge in [0.05, 0.1) is 60.2 Å². The fourth-order valence-corrected chi connectivity index (χ4v) is 16.0. The second-order valence-corrected chi connectivity index (χ2v) is 23.0. The largest absolute Gasteiger partial charge is 0.380 e. The van der Waals surface area contributed by atoms with Crippen molar-refractivity contribution in [2.45, 2.75) is 209 Å². The number of ether oxygens (including phenoxy) is 2. The average molecular weight is 850 g/mol. The second kappa shape index (κ2) is 18.6. The molecule has 5 aliphatic heterocycles. The Balaban J connectivity index is 0.697. The molecule has 1 spiro atoms. The molecule has 0 aromatic carbocycles. The highest BCUT2D eigenvalue weighted by molar-refractivity contribution is 8.00. The van der Waals surface area contributed by atoms with Crippen LogP contribution < -0.4 is 27.0 Å². The molecule has 12 nitrogen and oxygen atoms in total. The SMILES string of the molecule is COC1CC(OC2CCC(NC(=O)C3CCC(N4CCC5(CCC(C6CCC(C7=N[C@@H](C)C8NNC(C)N8C8SC(C)C(C)C78)CC6C)CC5)C4)NN3)CC2)CCC1C#N. The lowest BCUT2D eigenvalue weighted by Crippen LogP contribution is -2.62. The summed E-state index contributed by atoms with van der Waals surface area (Å²) >= 11 is 2.20. The zero-order valence-electron chi connectivity index (χ0n) is 37.7. The number of nitrogens with zero attached hydrogens (tertiary/aromatic N) is 4. The molecule has 14 unspecified atom stereocenters. The molecule has 13 heteroatoms. The van der Waals surface area contributed by atoms with Crippen LogP contribution in [0.25, 0.3) is 0 Å². The molecule has 4 aliphatic carbocycles. The number of methoxy groups -OCH3 is 1. The van der Waals surface area contributed by atoms with Gasteiger partial charge in [-0.15, -0.1) is 11.8 Å². The van der Waals surface area contributed by atoms with Gasteiger partial charge in [-0.2, -0.15) is 5.26 Å². The predicted molar refractivity (Wildman–Crippen MR) is 238 cm³/mol. The Morgan fingerprint density at radius 1 is 0.883 bits per heavy atom. The summed E-state index contributed by atoms with van der Waals surface area (Å²) in [5, 5.41) is 14.0. The number of nitrogens with one attached hydrogen (secondary N) is 5. The van der Waals surface area contributed by atoms with Gasteiger partial charge < -0.3 is 14.8 Å². The van der Waals surface area contributed by atoms with Crippen molar-refractivity contribution in [1.82, 2.24) is 36.8 Å². The summed E-state index contributed by atoms with van der Waals surface area (Å²) in [4.78, 5) is 24.4. The fourth-order valence-electron chi connectivity index (χ4n) is 14.2. The van der Waals surface area contributed by atoms with Crippen LogP contribution in [0.1, 0.15) is 144 Å². The van der Waals surface area contributed by atoms with Crippen LogP contribution in [0.2, 0.25) is 0 Å². The van der Waals surface area contributed by atoms with Crippen molar-refractivity contribution in [2.75, 3.05) is 20.2 Å². The Morgan fingerprint density at radius 3 is 2.38 bits per heavy atom. The van der Waals surface area contributed by atoms with Crippen LogP contribution >= 0.6 is 11.8 Å². The third-order valence-electron chi connectivity index (χ3n) is 18.0. The van der Waals surface area contributed by atoms with E-state index in [1.807, 2.05) is 0 Å². The molecule has 5 N–H and O–H groups in total. The lowest BCUT2D eigenvalue weighted by atomic mass is 9.60. The lowest BCUT2D eigenvalue weighted by molar-refractivity contribution is -0.126. The van der Waals surface area contributed by atoms with Crippen LogP contribution in [-0.2, 0) is 14.3 Å². The van der Waals surface area contributed by atoms with Gasteiger partial charge in [-0.25, -0.2) is 21.7 Å². The smallest absolute Gasteiger partial charge is 0.238 e. The molecule has 336 valence electrons. The van der Waals surface area contributed by atoms with Gasteiger partial charge in [0.15, 0.2) is 0 Å². The van der Waals surface area contributed by atoms with Gasteiger partial charge in [-0.1, -0.05) is 20.8 Å².